The molecule has 14 heavy (non-hydrogen) atoms. The number of rotatable bonds is 3. The summed E-state index contributed by atoms with van der Waals surface area (Å²) in [6.07, 6.45) is 2.02. The molecule has 1 aliphatic heterocycles. The van der Waals surface area contributed by atoms with Crippen molar-refractivity contribution in [2.45, 2.75) is 25.7 Å². The summed E-state index contributed by atoms with van der Waals surface area (Å²) in [5.41, 5.74) is 7.79. The maximum atomic E-state index is 5.57. The van der Waals surface area contributed by atoms with Gasteiger partial charge in [-0.15, -0.1) is 0 Å². The van der Waals surface area contributed by atoms with E-state index in [1.165, 1.54) is 5.56 Å². The van der Waals surface area contributed by atoms with Crippen molar-refractivity contribution in [2.75, 3.05) is 19.6 Å². The lowest BCUT2D eigenvalue weighted by atomic mass is 9.99. The van der Waals surface area contributed by atoms with Crippen LogP contribution >= 0.6 is 0 Å². The highest BCUT2D eigenvalue weighted by atomic mass is 16.5. The zero-order valence-corrected chi connectivity index (χ0v) is 8.55. The van der Waals surface area contributed by atoms with Crippen molar-refractivity contribution in [3.05, 3.63) is 17.0 Å². The molecule has 0 radical (unpaired) electrons. The Kier molecular flexibility index (Phi) is 2.84. The Labute approximate surface area is 83.8 Å². The Balaban J connectivity index is 2.22. The fraction of sp³-hybridized carbons (Fsp3) is 0.700. The van der Waals surface area contributed by atoms with Crippen LogP contribution in [0.25, 0.3) is 0 Å². The molecule has 0 bridgehead atoms. The predicted octanol–water partition coefficient (Wildman–Crippen LogP) is 0.561. The van der Waals surface area contributed by atoms with Gasteiger partial charge in [-0.3, -0.25) is 0 Å². The van der Waals surface area contributed by atoms with Crippen LogP contribution in [0.2, 0.25) is 0 Å². The normalized spacial score (nSPS) is 21.7. The largest absolute Gasteiger partial charge is 0.361 e. The van der Waals surface area contributed by atoms with Gasteiger partial charge in [0.2, 0.25) is 0 Å². The molecular formula is C10H17N3O. The van der Waals surface area contributed by atoms with Crippen LogP contribution in [0, 0.1) is 6.92 Å². The van der Waals surface area contributed by atoms with E-state index in [1.807, 2.05) is 6.92 Å². The van der Waals surface area contributed by atoms with E-state index in [0.717, 1.165) is 37.4 Å². The summed E-state index contributed by atoms with van der Waals surface area (Å²) in [5, 5.41) is 7.35. The Morgan fingerprint density at radius 2 is 2.50 bits per heavy atom. The summed E-state index contributed by atoms with van der Waals surface area (Å²) in [4.78, 5) is 0. The number of nitrogens with zero attached hydrogens (tertiary/aromatic N) is 1. The van der Waals surface area contributed by atoms with Gasteiger partial charge in [0.05, 0.1) is 5.69 Å². The first kappa shape index (κ1) is 9.68. The highest BCUT2D eigenvalue weighted by Gasteiger charge is 2.24. The van der Waals surface area contributed by atoms with Gasteiger partial charge in [-0.1, -0.05) is 5.16 Å². The molecule has 2 rings (SSSR count). The van der Waals surface area contributed by atoms with Crippen molar-refractivity contribution >= 4 is 0 Å². The summed E-state index contributed by atoms with van der Waals surface area (Å²) in [5.74, 6) is 1.55. The average Bonchev–Trinajstić information content (AvgIpc) is 2.77. The first-order valence-corrected chi connectivity index (χ1v) is 5.18. The molecule has 0 spiro atoms. The van der Waals surface area contributed by atoms with E-state index >= 15 is 0 Å². The number of aromatic nitrogens is 1. The summed E-state index contributed by atoms with van der Waals surface area (Å²) >= 11 is 0. The van der Waals surface area contributed by atoms with Crippen LogP contribution in [0.5, 0.6) is 0 Å². The Morgan fingerprint density at radius 1 is 1.64 bits per heavy atom. The Hall–Kier alpha value is -0.870. The minimum absolute atomic E-state index is 0.498. The molecule has 0 aliphatic carbocycles. The lowest BCUT2D eigenvalue weighted by Gasteiger charge is -2.06. The Morgan fingerprint density at radius 3 is 3.14 bits per heavy atom. The highest BCUT2D eigenvalue weighted by molar-refractivity contribution is 5.26. The molecule has 3 N–H and O–H groups in total. The maximum absolute atomic E-state index is 5.57. The minimum Gasteiger partial charge on any atom is -0.361 e. The zero-order valence-electron chi connectivity index (χ0n) is 8.55. The predicted molar refractivity (Wildman–Crippen MR) is 54.2 cm³/mol. The van der Waals surface area contributed by atoms with Crippen molar-refractivity contribution in [3.63, 3.8) is 0 Å². The lowest BCUT2D eigenvalue weighted by Crippen LogP contribution is -2.10. The summed E-state index contributed by atoms with van der Waals surface area (Å²) in [7, 11) is 0. The number of aryl methyl sites for hydroxylation is 1. The van der Waals surface area contributed by atoms with Crippen molar-refractivity contribution in [3.8, 4) is 0 Å². The second-order valence-corrected chi connectivity index (χ2v) is 3.84. The van der Waals surface area contributed by atoms with Gasteiger partial charge in [0, 0.05) is 18.0 Å². The van der Waals surface area contributed by atoms with E-state index in [9.17, 15) is 0 Å². The molecule has 1 unspecified atom stereocenters. The lowest BCUT2D eigenvalue weighted by molar-refractivity contribution is 0.360. The molecule has 1 saturated heterocycles. The molecule has 1 aliphatic rings. The molecule has 1 aromatic rings. The number of nitrogens with two attached hydrogens (primary N) is 1. The van der Waals surface area contributed by atoms with Crippen LogP contribution in [-0.2, 0) is 6.42 Å². The van der Waals surface area contributed by atoms with Gasteiger partial charge in [0.25, 0.3) is 0 Å². The molecule has 1 atom stereocenters. The van der Waals surface area contributed by atoms with Gasteiger partial charge in [-0.05, 0) is 32.9 Å². The molecule has 0 aromatic carbocycles. The smallest absolute Gasteiger partial charge is 0.144 e. The van der Waals surface area contributed by atoms with Crippen LogP contribution in [0.4, 0.5) is 0 Å². The molecule has 0 saturated carbocycles. The van der Waals surface area contributed by atoms with Crippen LogP contribution in [0.3, 0.4) is 0 Å². The van der Waals surface area contributed by atoms with Gasteiger partial charge in [0.15, 0.2) is 0 Å². The first-order valence-electron chi connectivity index (χ1n) is 5.18. The van der Waals surface area contributed by atoms with E-state index in [-0.39, 0.29) is 0 Å². The van der Waals surface area contributed by atoms with Crippen molar-refractivity contribution in [1.29, 1.82) is 0 Å². The van der Waals surface area contributed by atoms with Crippen LogP contribution < -0.4 is 11.1 Å². The van der Waals surface area contributed by atoms with Crippen molar-refractivity contribution in [2.24, 2.45) is 5.73 Å². The fourth-order valence-corrected chi connectivity index (χ4v) is 2.05. The van der Waals surface area contributed by atoms with E-state index < -0.39 is 0 Å². The number of hydrogen-bond donors (Lipinski definition) is 2. The van der Waals surface area contributed by atoms with E-state index in [1.54, 1.807) is 0 Å². The molecule has 4 heteroatoms. The molecule has 2 heterocycles. The third kappa shape index (κ3) is 1.67. The summed E-state index contributed by atoms with van der Waals surface area (Å²) < 4.78 is 5.39. The van der Waals surface area contributed by atoms with Gasteiger partial charge >= 0.3 is 0 Å². The fourth-order valence-electron chi connectivity index (χ4n) is 2.05. The zero-order chi connectivity index (χ0) is 9.97. The molecular weight excluding hydrogens is 178 g/mol. The number of hydrogen-bond acceptors (Lipinski definition) is 4. The van der Waals surface area contributed by atoms with Crippen LogP contribution in [-0.4, -0.2) is 24.8 Å². The van der Waals surface area contributed by atoms with Gasteiger partial charge in [-0.2, -0.15) is 0 Å². The topological polar surface area (TPSA) is 64.1 Å². The van der Waals surface area contributed by atoms with Crippen molar-refractivity contribution < 1.29 is 4.52 Å². The standard InChI is InChI=1S/C10H17N3O/c1-7-9(2-4-11)10(14-13-7)8-3-5-12-6-8/h8,12H,2-6,11H2,1H3. The van der Waals surface area contributed by atoms with Gasteiger partial charge in [-0.25, -0.2) is 0 Å². The molecule has 1 aromatic heterocycles. The Bertz CT molecular complexity index is 302. The highest BCUT2D eigenvalue weighted by Crippen LogP contribution is 2.27. The number of nitrogens with one attached hydrogen (secondary N) is 1. The average molecular weight is 195 g/mol. The third-order valence-corrected chi connectivity index (χ3v) is 2.84. The molecule has 4 nitrogen and oxygen atoms in total. The second-order valence-electron chi connectivity index (χ2n) is 3.84. The minimum atomic E-state index is 0.498. The van der Waals surface area contributed by atoms with Crippen molar-refractivity contribution in [1.82, 2.24) is 10.5 Å². The third-order valence-electron chi connectivity index (χ3n) is 2.84. The van der Waals surface area contributed by atoms with E-state index in [4.69, 9.17) is 10.3 Å². The molecule has 0 amide bonds. The van der Waals surface area contributed by atoms with Gasteiger partial charge < -0.3 is 15.6 Å². The maximum Gasteiger partial charge on any atom is 0.144 e. The molecule has 78 valence electrons. The van der Waals surface area contributed by atoms with Crippen LogP contribution in [0.1, 0.15) is 29.4 Å². The second kappa shape index (κ2) is 4.11. The monoisotopic (exact) mass is 195 g/mol. The quantitative estimate of drug-likeness (QED) is 0.739. The first-order chi connectivity index (χ1) is 6.83. The SMILES string of the molecule is Cc1noc(C2CCNC2)c1CCN. The van der Waals surface area contributed by atoms with Crippen LogP contribution in [0.15, 0.2) is 4.52 Å². The van der Waals surface area contributed by atoms with E-state index in [0.29, 0.717) is 12.5 Å². The van der Waals surface area contributed by atoms with E-state index in [2.05, 4.69) is 10.5 Å². The molecule has 1 fully saturated rings. The van der Waals surface area contributed by atoms with Gasteiger partial charge in [0.1, 0.15) is 5.76 Å². The summed E-state index contributed by atoms with van der Waals surface area (Å²) in [6.45, 7) is 4.73. The summed E-state index contributed by atoms with van der Waals surface area (Å²) in [6, 6.07) is 0.